The molecule has 0 bridgehead atoms. The summed E-state index contributed by atoms with van der Waals surface area (Å²) in [6.07, 6.45) is 0.429. The molecule has 142 valence electrons. The van der Waals surface area contributed by atoms with Crippen LogP contribution in [0.5, 0.6) is 0 Å². The van der Waals surface area contributed by atoms with Gasteiger partial charge in [-0.15, -0.1) is 0 Å². The second-order valence-electron chi connectivity index (χ2n) is 6.47. The standard InChI is InChI=1S/C18H24N2O6/c1-12(19)15(21)18(17(24)25)8-5-9-20(18)14(16(22)23)11-26-10-13-6-3-2-4-7-13/h2-4,6-7,12,14H,5,8-11,19H2,1H3,(H,22,23)(H,24,25). The summed E-state index contributed by atoms with van der Waals surface area (Å²) < 4.78 is 5.51. The average molecular weight is 364 g/mol. The van der Waals surface area contributed by atoms with Crippen LogP contribution < -0.4 is 5.73 Å². The number of Topliss-reactive ketones (excluding diaryl/α,β-unsaturated/α-hetero) is 1. The third kappa shape index (κ3) is 3.92. The van der Waals surface area contributed by atoms with E-state index in [-0.39, 0.29) is 26.2 Å². The molecule has 8 heteroatoms. The molecule has 0 radical (unpaired) electrons. The normalized spacial score (nSPS) is 22.7. The number of nitrogens with zero attached hydrogens (tertiary/aromatic N) is 1. The number of aliphatic carboxylic acids is 2. The molecule has 1 fully saturated rings. The van der Waals surface area contributed by atoms with Crippen LogP contribution in [0.1, 0.15) is 25.3 Å². The summed E-state index contributed by atoms with van der Waals surface area (Å²) >= 11 is 0. The van der Waals surface area contributed by atoms with Crippen LogP contribution in [0.15, 0.2) is 30.3 Å². The average Bonchev–Trinajstić information content (AvgIpc) is 3.04. The van der Waals surface area contributed by atoms with E-state index in [0.29, 0.717) is 6.42 Å². The number of ether oxygens (including phenoxy) is 1. The van der Waals surface area contributed by atoms with Crippen LogP contribution in [0.25, 0.3) is 0 Å². The quantitative estimate of drug-likeness (QED) is 0.540. The molecule has 0 amide bonds. The summed E-state index contributed by atoms with van der Waals surface area (Å²) in [5.41, 5.74) is 4.58. The molecule has 4 N–H and O–H groups in total. The fourth-order valence-electron chi connectivity index (χ4n) is 3.40. The minimum Gasteiger partial charge on any atom is -0.480 e. The first kappa shape index (κ1) is 20.0. The first-order chi connectivity index (χ1) is 12.3. The summed E-state index contributed by atoms with van der Waals surface area (Å²) in [6.45, 7) is 1.55. The van der Waals surface area contributed by atoms with E-state index in [0.717, 1.165) is 5.56 Å². The van der Waals surface area contributed by atoms with Gasteiger partial charge in [0, 0.05) is 6.54 Å². The molecule has 1 saturated heterocycles. The predicted molar refractivity (Wildman–Crippen MR) is 92.5 cm³/mol. The number of likely N-dealkylation sites (tertiary alicyclic amines) is 1. The Bertz CT molecular complexity index is 663. The van der Waals surface area contributed by atoms with Gasteiger partial charge in [-0.25, -0.2) is 4.79 Å². The lowest BCUT2D eigenvalue weighted by Crippen LogP contribution is -2.65. The van der Waals surface area contributed by atoms with Crippen LogP contribution >= 0.6 is 0 Å². The van der Waals surface area contributed by atoms with Gasteiger partial charge in [0.05, 0.1) is 19.3 Å². The number of hydrogen-bond acceptors (Lipinski definition) is 6. The maximum absolute atomic E-state index is 12.6. The van der Waals surface area contributed by atoms with Crippen LogP contribution in [0.4, 0.5) is 0 Å². The van der Waals surface area contributed by atoms with Crippen molar-refractivity contribution >= 4 is 17.7 Å². The van der Waals surface area contributed by atoms with Gasteiger partial charge >= 0.3 is 11.9 Å². The van der Waals surface area contributed by atoms with Gasteiger partial charge in [-0.05, 0) is 25.3 Å². The Morgan fingerprint density at radius 3 is 2.46 bits per heavy atom. The number of carboxylic acids is 2. The summed E-state index contributed by atoms with van der Waals surface area (Å²) in [5, 5.41) is 19.3. The molecule has 1 aliphatic heterocycles. The maximum atomic E-state index is 12.6. The smallest absolute Gasteiger partial charge is 0.332 e. The highest BCUT2D eigenvalue weighted by atomic mass is 16.5. The minimum atomic E-state index is -1.92. The van der Waals surface area contributed by atoms with Gasteiger partial charge in [-0.2, -0.15) is 0 Å². The molecular weight excluding hydrogens is 340 g/mol. The van der Waals surface area contributed by atoms with Crippen molar-refractivity contribution in [3.63, 3.8) is 0 Å². The van der Waals surface area contributed by atoms with Crippen molar-refractivity contribution < 1.29 is 29.3 Å². The van der Waals surface area contributed by atoms with Gasteiger partial charge in [0.25, 0.3) is 0 Å². The Labute approximate surface area is 151 Å². The Kier molecular flexibility index (Phi) is 6.47. The summed E-state index contributed by atoms with van der Waals surface area (Å²) in [5.74, 6) is -3.29. The predicted octanol–water partition coefficient (Wildman–Crippen LogP) is 0.492. The lowest BCUT2D eigenvalue weighted by atomic mass is 9.86. The van der Waals surface area contributed by atoms with Crippen molar-refractivity contribution in [3.05, 3.63) is 35.9 Å². The van der Waals surface area contributed by atoms with Crippen LogP contribution in [0, 0.1) is 0 Å². The van der Waals surface area contributed by atoms with Gasteiger partial charge < -0.3 is 20.7 Å². The van der Waals surface area contributed by atoms with E-state index in [1.54, 1.807) is 0 Å². The van der Waals surface area contributed by atoms with Crippen molar-refractivity contribution in [3.8, 4) is 0 Å². The largest absolute Gasteiger partial charge is 0.480 e. The van der Waals surface area contributed by atoms with Crippen LogP contribution in [0.3, 0.4) is 0 Å². The van der Waals surface area contributed by atoms with Crippen molar-refractivity contribution in [2.45, 2.75) is 44.0 Å². The lowest BCUT2D eigenvalue weighted by molar-refractivity contribution is -0.163. The molecule has 26 heavy (non-hydrogen) atoms. The van der Waals surface area contributed by atoms with E-state index in [4.69, 9.17) is 10.5 Å². The van der Waals surface area contributed by atoms with Gasteiger partial charge in [0.1, 0.15) is 6.04 Å². The monoisotopic (exact) mass is 364 g/mol. The number of carbonyl (C=O) groups excluding carboxylic acids is 1. The second kappa shape index (κ2) is 8.39. The van der Waals surface area contributed by atoms with Crippen molar-refractivity contribution in [1.82, 2.24) is 4.90 Å². The van der Waals surface area contributed by atoms with Gasteiger partial charge in [0.15, 0.2) is 11.3 Å². The zero-order valence-corrected chi connectivity index (χ0v) is 14.6. The number of rotatable bonds is 9. The molecule has 0 saturated carbocycles. The molecule has 0 aliphatic carbocycles. The highest BCUT2D eigenvalue weighted by molar-refractivity contribution is 6.10. The van der Waals surface area contributed by atoms with E-state index in [1.165, 1.54) is 11.8 Å². The molecule has 1 aromatic rings. The summed E-state index contributed by atoms with van der Waals surface area (Å²) in [4.78, 5) is 37.5. The number of benzene rings is 1. The molecule has 8 nitrogen and oxygen atoms in total. The molecule has 1 aromatic carbocycles. The van der Waals surface area contributed by atoms with Crippen LogP contribution in [0.2, 0.25) is 0 Å². The first-order valence-corrected chi connectivity index (χ1v) is 8.45. The highest BCUT2D eigenvalue weighted by Crippen LogP contribution is 2.34. The Hall–Kier alpha value is -2.29. The lowest BCUT2D eigenvalue weighted by Gasteiger charge is -2.37. The van der Waals surface area contributed by atoms with Crippen molar-refractivity contribution in [2.24, 2.45) is 5.73 Å². The first-order valence-electron chi connectivity index (χ1n) is 8.45. The molecule has 2 rings (SSSR count). The van der Waals surface area contributed by atoms with E-state index in [1.807, 2.05) is 30.3 Å². The molecule has 3 unspecified atom stereocenters. The number of carboxylic acid groups (broad SMARTS) is 2. The fraction of sp³-hybridized carbons (Fsp3) is 0.500. The fourth-order valence-corrected chi connectivity index (χ4v) is 3.40. The maximum Gasteiger partial charge on any atom is 0.332 e. The van der Waals surface area contributed by atoms with Gasteiger partial charge in [0.2, 0.25) is 0 Å². The SMILES string of the molecule is CC(N)C(=O)C1(C(=O)O)CCCN1C(COCc1ccccc1)C(=O)O. The van der Waals surface area contributed by atoms with Crippen molar-refractivity contribution in [1.29, 1.82) is 0 Å². The highest BCUT2D eigenvalue weighted by Gasteiger charge is 2.57. The number of carbonyl (C=O) groups is 3. The van der Waals surface area contributed by atoms with E-state index < -0.39 is 35.3 Å². The second-order valence-corrected chi connectivity index (χ2v) is 6.47. The number of nitrogens with two attached hydrogens (primary N) is 1. The Morgan fingerprint density at radius 2 is 1.92 bits per heavy atom. The zero-order chi connectivity index (χ0) is 19.3. The molecule has 3 atom stereocenters. The molecule has 1 heterocycles. The van der Waals surface area contributed by atoms with Crippen LogP contribution in [-0.4, -0.2) is 63.6 Å². The number of ketones is 1. The Balaban J connectivity index is 2.19. The molecule has 0 spiro atoms. The van der Waals surface area contributed by atoms with E-state index in [2.05, 4.69) is 0 Å². The van der Waals surface area contributed by atoms with Crippen LogP contribution in [-0.2, 0) is 25.7 Å². The van der Waals surface area contributed by atoms with E-state index >= 15 is 0 Å². The van der Waals surface area contributed by atoms with Gasteiger partial charge in [-0.1, -0.05) is 30.3 Å². The zero-order valence-electron chi connectivity index (χ0n) is 14.6. The summed E-state index contributed by atoms with van der Waals surface area (Å²) in [6, 6.07) is 6.95. The third-order valence-electron chi connectivity index (χ3n) is 4.65. The summed E-state index contributed by atoms with van der Waals surface area (Å²) in [7, 11) is 0. The van der Waals surface area contributed by atoms with E-state index in [9.17, 15) is 24.6 Å². The number of hydrogen-bond donors (Lipinski definition) is 3. The van der Waals surface area contributed by atoms with Crippen molar-refractivity contribution in [2.75, 3.05) is 13.2 Å². The minimum absolute atomic E-state index is 0.0329. The molecular formula is C18H24N2O6. The third-order valence-corrected chi connectivity index (χ3v) is 4.65. The molecule has 0 aromatic heterocycles. The molecule has 1 aliphatic rings. The Morgan fingerprint density at radius 1 is 1.27 bits per heavy atom. The topological polar surface area (TPSA) is 130 Å². The van der Waals surface area contributed by atoms with Gasteiger partial charge in [-0.3, -0.25) is 14.5 Å².